The number of hydrogen-bond acceptors (Lipinski definition) is 7. The third-order valence-corrected chi connectivity index (χ3v) is 7.63. The predicted molar refractivity (Wildman–Crippen MR) is 124 cm³/mol. The van der Waals surface area contributed by atoms with Crippen LogP contribution in [0.25, 0.3) is 6.08 Å². The summed E-state index contributed by atoms with van der Waals surface area (Å²) < 4.78 is 34.7. The van der Waals surface area contributed by atoms with Crippen LogP contribution in [-0.4, -0.2) is 71.6 Å². The topological polar surface area (TPSA) is 95.9 Å². The van der Waals surface area contributed by atoms with Gasteiger partial charge in [-0.2, -0.15) is 4.31 Å². The van der Waals surface area contributed by atoms with Gasteiger partial charge in [-0.3, -0.25) is 4.90 Å². The second-order valence-electron chi connectivity index (χ2n) is 8.39. The van der Waals surface area contributed by atoms with E-state index in [1.165, 1.54) is 10.6 Å². The van der Waals surface area contributed by atoms with Crippen molar-refractivity contribution in [2.75, 3.05) is 26.7 Å². The number of fused-ring (bicyclic) bond motifs is 1. The molecule has 8 nitrogen and oxygen atoms in total. The maximum absolute atomic E-state index is 13.5. The van der Waals surface area contributed by atoms with Gasteiger partial charge < -0.3 is 9.84 Å². The number of rotatable bonds is 7. The summed E-state index contributed by atoms with van der Waals surface area (Å²) in [6.45, 7) is 6.85. The zero-order chi connectivity index (χ0) is 23.3. The SMILES string of the molecule is C/C=C/c1ccc2c(c1)O[C@H](CN(C)Cc1cncnc1)[C@H](C)CN([C@H](C)CO)S2(=O)=O. The van der Waals surface area contributed by atoms with Crippen LogP contribution in [0.15, 0.2) is 47.9 Å². The molecule has 1 aromatic carbocycles. The maximum Gasteiger partial charge on any atom is 0.247 e. The Labute approximate surface area is 190 Å². The lowest BCUT2D eigenvalue weighted by Crippen LogP contribution is -2.49. The summed E-state index contributed by atoms with van der Waals surface area (Å²) in [6, 6.07) is 4.59. The quantitative estimate of drug-likeness (QED) is 0.678. The van der Waals surface area contributed by atoms with Crippen molar-refractivity contribution in [3.05, 3.63) is 54.1 Å². The molecule has 3 atom stereocenters. The molecule has 9 heteroatoms. The van der Waals surface area contributed by atoms with Crippen LogP contribution in [0.3, 0.4) is 0 Å². The molecule has 0 unspecified atom stereocenters. The first-order chi connectivity index (χ1) is 15.3. The number of allylic oxidation sites excluding steroid dienone is 1. The fraction of sp³-hybridized carbons (Fsp3) is 0.478. The molecule has 1 aliphatic rings. The highest BCUT2D eigenvalue weighted by molar-refractivity contribution is 7.89. The lowest BCUT2D eigenvalue weighted by molar-refractivity contribution is 0.0733. The standard InChI is InChI=1S/C23H32N4O4S/c1-5-6-19-7-8-23-21(9-19)31-22(14-26(4)13-20-10-24-16-25-11-20)17(2)12-27(18(3)15-28)32(23,29)30/h5-11,16-18,22,28H,12-15H2,1-4H3/b6-5+/t17-,18-,22-/m1/s1. The number of hydrogen-bond donors (Lipinski definition) is 1. The molecule has 0 amide bonds. The Bertz CT molecular complexity index is 1030. The van der Waals surface area contributed by atoms with E-state index < -0.39 is 16.1 Å². The van der Waals surface area contributed by atoms with Gasteiger partial charge in [0.15, 0.2) is 0 Å². The van der Waals surface area contributed by atoms with Crippen LogP contribution in [0, 0.1) is 5.92 Å². The van der Waals surface area contributed by atoms with Crippen LogP contribution >= 0.6 is 0 Å². The van der Waals surface area contributed by atoms with Crippen LogP contribution in [0.4, 0.5) is 0 Å². The number of likely N-dealkylation sites (N-methyl/N-ethyl adjacent to an activating group) is 1. The average molecular weight is 461 g/mol. The minimum absolute atomic E-state index is 0.105. The maximum atomic E-state index is 13.5. The first-order valence-corrected chi connectivity index (χ1v) is 12.2. The molecular weight excluding hydrogens is 428 g/mol. The summed E-state index contributed by atoms with van der Waals surface area (Å²) in [4.78, 5) is 10.4. The molecule has 1 aromatic heterocycles. The predicted octanol–water partition coefficient (Wildman–Crippen LogP) is 2.41. The molecule has 1 aliphatic heterocycles. The number of sulfonamides is 1. The largest absolute Gasteiger partial charge is 0.487 e. The molecule has 1 N–H and O–H groups in total. The van der Waals surface area contributed by atoms with Crippen molar-refractivity contribution in [3.8, 4) is 5.75 Å². The van der Waals surface area contributed by atoms with E-state index in [9.17, 15) is 13.5 Å². The first-order valence-electron chi connectivity index (χ1n) is 10.7. The van der Waals surface area contributed by atoms with Gasteiger partial charge in [0.1, 0.15) is 23.1 Å². The second-order valence-corrected chi connectivity index (χ2v) is 10.2. The second kappa shape index (κ2) is 10.5. The van der Waals surface area contributed by atoms with Crippen LogP contribution in [0.2, 0.25) is 0 Å². The van der Waals surface area contributed by atoms with Gasteiger partial charge in [-0.05, 0) is 38.6 Å². The van der Waals surface area contributed by atoms with Crippen molar-refractivity contribution in [2.45, 2.75) is 44.4 Å². The van der Waals surface area contributed by atoms with Crippen molar-refractivity contribution in [1.29, 1.82) is 0 Å². The molecule has 0 saturated heterocycles. The summed E-state index contributed by atoms with van der Waals surface area (Å²) >= 11 is 0. The van der Waals surface area contributed by atoms with Crippen molar-refractivity contribution in [1.82, 2.24) is 19.2 Å². The van der Waals surface area contributed by atoms with Gasteiger partial charge in [0.2, 0.25) is 10.0 Å². The van der Waals surface area contributed by atoms with Gasteiger partial charge in [-0.25, -0.2) is 18.4 Å². The Morgan fingerprint density at radius 3 is 2.72 bits per heavy atom. The van der Waals surface area contributed by atoms with Crippen molar-refractivity contribution in [2.24, 2.45) is 5.92 Å². The normalized spacial score (nSPS) is 22.2. The molecule has 0 saturated carbocycles. The van der Waals surface area contributed by atoms with Gasteiger partial charge in [0, 0.05) is 49.6 Å². The number of nitrogens with zero attached hydrogens (tertiary/aromatic N) is 4. The van der Waals surface area contributed by atoms with Crippen molar-refractivity contribution >= 4 is 16.1 Å². The number of aliphatic hydroxyl groups excluding tert-OH is 1. The van der Waals surface area contributed by atoms with E-state index >= 15 is 0 Å². The fourth-order valence-electron chi connectivity index (χ4n) is 3.85. The van der Waals surface area contributed by atoms with E-state index in [4.69, 9.17) is 4.74 Å². The lowest BCUT2D eigenvalue weighted by Gasteiger charge is -2.37. The highest BCUT2D eigenvalue weighted by atomic mass is 32.2. The Hall–Kier alpha value is -2.33. The Balaban J connectivity index is 1.97. The highest BCUT2D eigenvalue weighted by Gasteiger charge is 2.38. The lowest BCUT2D eigenvalue weighted by atomic mass is 10.0. The zero-order valence-electron chi connectivity index (χ0n) is 19.0. The average Bonchev–Trinajstić information content (AvgIpc) is 2.76. The third-order valence-electron chi connectivity index (χ3n) is 5.61. The monoisotopic (exact) mass is 460 g/mol. The number of aliphatic hydroxyl groups is 1. The number of ether oxygens (including phenoxy) is 1. The Morgan fingerprint density at radius 2 is 2.06 bits per heavy atom. The zero-order valence-corrected chi connectivity index (χ0v) is 19.9. The molecule has 2 aromatic rings. The molecule has 0 bridgehead atoms. The summed E-state index contributed by atoms with van der Waals surface area (Å²) in [6.07, 6.45) is 8.61. The third kappa shape index (κ3) is 5.53. The molecule has 0 fully saturated rings. The summed E-state index contributed by atoms with van der Waals surface area (Å²) in [7, 11) is -1.83. The number of aromatic nitrogens is 2. The number of benzene rings is 1. The molecular formula is C23H32N4O4S. The van der Waals surface area contributed by atoms with Crippen molar-refractivity contribution < 1.29 is 18.3 Å². The molecule has 3 rings (SSSR count). The van der Waals surface area contributed by atoms with Gasteiger partial charge in [0.05, 0.1) is 6.61 Å². The minimum atomic E-state index is -3.82. The van der Waals surface area contributed by atoms with E-state index in [1.54, 1.807) is 37.5 Å². The van der Waals surface area contributed by atoms with E-state index in [0.29, 0.717) is 18.8 Å². The minimum Gasteiger partial charge on any atom is -0.487 e. The Morgan fingerprint density at radius 1 is 1.34 bits per heavy atom. The van der Waals surface area contributed by atoms with E-state index in [1.807, 2.05) is 33.0 Å². The summed E-state index contributed by atoms with van der Waals surface area (Å²) in [5.74, 6) is 0.232. The van der Waals surface area contributed by atoms with Gasteiger partial charge in [0.25, 0.3) is 0 Å². The van der Waals surface area contributed by atoms with E-state index in [2.05, 4.69) is 14.9 Å². The van der Waals surface area contributed by atoms with Gasteiger partial charge in [-0.15, -0.1) is 0 Å². The molecule has 0 radical (unpaired) electrons. The smallest absolute Gasteiger partial charge is 0.247 e. The molecule has 0 aliphatic carbocycles. The molecule has 174 valence electrons. The van der Waals surface area contributed by atoms with Crippen LogP contribution < -0.4 is 4.74 Å². The Kier molecular flexibility index (Phi) is 8.00. The fourth-order valence-corrected chi connectivity index (χ4v) is 5.68. The van der Waals surface area contributed by atoms with Gasteiger partial charge >= 0.3 is 0 Å². The molecule has 0 spiro atoms. The van der Waals surface area contributed by atoms with Crippen LogP contribution in [0.1, 0.15) is 31.9 Å². The first kappa shape index (κ1) is 24.3. The summed E-state index contributed by atoms with van der Waals surface area (Å²) in [5, 5.41) is 9.74. The van der Waals surface area contributed by atoms with Gasteiger partial charge in [-0.1, -0.05) is 25.1 Å². The van der Waals surface area contributed by atoms with Crippen LogP contribution in [-0.2, 0) is 16.6 Å². The highest BCUT2D eigenvalue weighted by Crippen LogP contribution is 2.34. The van der Waals surface area contributed by atoms with E-state index in [0.717, 1.165) is 11.1 Å². The van der Waals surface area contributed by atoms with E-state index in [-0.39, 0.29) is 30.1 Å². The molecule has 32 heavy (non-hydrogen) atoms. The molecule has 2 heterocycles. The van der Waals surface area contributed by atoms with Crippen LogP contribution in [0.5, 0.6) is 5.75 Å². The summed E-state index contributed by atoms with van der Waals surface area (Å²) in [5.41, 5.74) is 1.85. The van der Waals surface area contributed by atoms with Crippen molar-refractivity contribution in [3.63, 3.8) is 0 Å².